The first-order valence-electron chi connectivity index (χ1n) is 10.2. The maximum absolute atomic E-state index is 14.1. The summed E-state index contributed by atoms with van der Waals surface area (Å²) in [6, 6.07) is 13.0. The molecule has 1 N–H and O–H groups in total. The molecule has 3 aromatic rings. The monoisotopic (exact) mass is 440 g/mol. The molecule has 1 fully saturated rings. The number of nitriles is 1. The van der Waals surface area contributed by atoms with Gasteiger partial charge < -0.3 is 15.0 Å². The Kier molecular flexibility index (Phi) is 6.99. The van der Waals surface area contributed by atoms with Crippen molar-refractivity contribution < 1.29 is 9.13 Å². The Hall–Kier alpha value is -2.88. The maximum Gasteiger partial charge on any atom is 0.124 e. The summed E-state index contributed by atoms with van der Waals surface area (Å²) >= 11 is 0. The standard InChI is InChI=1S/C24H25FN4O.ClH/c1-15-10-24(28-17(3)21-12-19(25)11-18(14-26)16(21)2)22-13-20(4-5-23(22)27-15)29-6-8-30-9-7-29;/h4-5,10-13,17H,6-9H2,1-3H3,(H,27,28);1H/t17-;/m1./s1. The molecule has 0 bridgehead atoms. The summed E-state index contributed by atoms with van der Waals surface area (Å²) in [5, 5.41) is 13.9. The maximum atomic E-state index is 14.1. The molecule has 4 rings (SSSR count). The van der Waals surface area contributed by atoms with E-state index in [2.05, 4.69) is 33.4 Å². The summed E-state index contributed by atoms with van der Waals surface area (Å²) in [6.45, 7) is 8.99. The van der Waals surface area contributed by atoms with Gasteiger partial charge in [0.2, 0.25) is 0 Å². The Morgan fingerprint density at radius 2 is 1.90 bits per heavy atom. The average molecular weight is 441 g/mol. The van der Waals surface area contributed by atoms with Crippen molar-refractivity contribution in [3.05, 3.63) is 64.6 Å². The fourth-order valence-corrected chi connectivity index (χ4v) is 4.06. The van der Waals surface area contributed by atoms with E-state index < -0.39 is 5.82 Å². The minimum Gasteiger partial charge on any atom is -0.378 e. The number of nitrogens with one attached hydrogen (secondary N) is 1. The van der Waals surface area contributed by atoms with Gasteiger partial charge >= 0.3 is 0 Å². The van der Waals surface area contributed by atoms with Crippen LogP contribution < -0.4 is 10.2 Å². The largest absolute Gasteiger partial charge is 0.378 e. The fraction of sp³-hybridized carbons (Fsp3) is 0.333. The number of halogens is 2. The van der Waals surface area contributed by atoms with E-state index in [-0.39, 0.29) is 18.4 Å². The Labute approximate surface area is 188 Å². The molecule has 2 heterocycles. The summed E-state index contributed by atoms with van der Waals surface area (Å²) in [5.41, 5.74) is 5.84. The van der Waals surface area contributed by atoms with Gasteiger partial charge in [0.05, 0.1) is 30.4 Å². The van der Waals surface area contributed by atoms with Crippen LogP contribution in [-0.2, 0) is 4.74 Å². The first-order valence-corrected chi connectivity index (χ1v) is 10.2. The number of ether oxygens (including phenoxy) is 1. The SMILES string of the molecule is Cc1cc(N[C@H](C)c2cc(F)cc(C#N)c2C)c2cc(N3CCOCC3)ccc2n1.Cl. The summed E-state index contributed by atoms with van der Waals surface area (Å²) < 4.78 is 19.5. The van der Waals surface area contributed by atoms with Crippen LogP contribution in [0.15, 0.2) is 36.4 Å². The molecule has 1 aliphatic heterocycles. The number of nitrogens with zero attached hydrogens (tertiary/aromatic N) is 3. The topological polar surface area (TPSA) is 61.2 Å². The lowest BCUT2D eigenvalue weighted by Crippen LogP contribution is -2.36. The first-order chi connectivity index (χ1) is 14.5. The lowest BCUT2D eigenvalue weighted by atomic mass is 9.97. The van der Waals surface area contributed by atoms with Crippen molar-refractivity contribution in [1.82, 2.24) is 4.98 Å². The van der Waals surface area contributed by atoms with Crippen molar-refractivity contribution in [1.29, 1.82) is 5.26 Å². The van der Waals surface area contributed by atoms with Crippen LogP contribution in [0.25, 0.3) is 10.9 Å². The molecule has 1 atom stereocenters. The highest BCUT2D eigenvalue weighted by atomic mass is 35.5. The van der Waals surface area contributed by atoms with Crippen LogP contribution in [0.4, 0.5) is 15.8 Å². The van der Waals surface area contributed by atoms with Gasteiger partial charge in [-0.3, -0.25) is 4.98 Å². The van der Waals surface area contributed by atoms with Crippen molar-refractivity contribution in [2.75, 3.05) is 36.5 Å². The van der Waals surface area contributed by atoms with E-state index in [1.54, 1.807) is 0 Å². The van der Waals surface area contributed by atoms with Crippen LogP contribution in [0.5, 0.6) is 0 Å². The summed E-state index contributed by atoms with van der Waals surface area (Å²) in [6.07, 6.45) is 0. The quantitative estimate of drug-likeness (QED) is 0.597. The minimum absolute atomic E-state index is 0. The van der Waals surface area contributed by atoms with E-state index in [4.69, 9.17) is 4.74 Å². The van der Waals surface area contributed by atoms with E-state index in [9.17, 15) is 9.65 Å². The van der Waals surface area contributed by atoms with Crippen molar-refractivity contribution in [3.8, 4) is 6.07 Å². The van der Waals surface area contributed by atoms with Gasteiger partial charge in [-0.05, 0) is 68.3 Å². The fourth-order valence-electron chi connectivity index (χ4n) is 4.06. The van der Waals surface area contributed by atoms with Crippen molar-refractivity contribution >= 4 is 34.7 Å². The van der Waals surface area contributed by atoms with Crippen LogP contribution in [0.3, 0.4) is 0 Å². The van der Waals surface area contributed by atoms with E-state index in [0.717, 1.165) is 65.4 Å². The zero-order valence-electron chi connectivity index (χ0n) is 17.9. The number of hydrogen-bond acceptors (Lipinski definition) is 5. The highest BCUT2D eigenvalue weighted by Crippen LogP contribution is 2.32. The predicted molar refractivity (Wildman–Crippen MR) is 125 cm³/mol. The molecule has 1 aromatic heterocycles. The Balaban J connectivity index is 0.00000272. The molecule has 0 amide bonds. The van der Waals surface area contributed by atoms with Crippen LogP contribution in [0, 0.1) is 31.0 Å². The van der Waals surface area contributed by atoms with E-state index in [1.807, 2.05) is 32.9 Å². The van der Waals surface area contributed by atoms with E-state index >= 15 is 0 Å². The minimum atomic E-state index is -0.397. The number of hydrogen-bond donors (Lipinski definition) is 1. The second-order valence-electron chi connectivity index (χ2n) is 7.76. The molecule has 1 aliphatic rings. The molecule has 0 spiro atoms. The number of rotatable bonds is 4. The lowest BCUT2D eigenvalue weighted by molar-refractivity contribution is 0.122. The molecule has 162 valence electrons. The number of aromatic nitrogens is 1. The number of aryl methyl sites for hydroxylation is 1. The van der Waals surface area contributed by atoms with Gasteiger partial charge in [-0.1, -0.05) is 0 Å². The smallest absolute Gasteiger partial charge is 0.124 e. The highest BCUT2D eigenvalue weighted by molar-refractivity contribution is 5.94. The lowest BCUT2D eigenvalue weighted by Gasteiger charge is -2.29. The summed E-state index contributed by atoms with van der Waals surface area (Å²) in [5.74, 6) is -0.397. The molecule has 1 saturated heterocycles. The van der Waals surface area contributed by atoms with Crippen molar-refractivity contribution in [2.45, 2.75) is 26.8 Å². The van der Waals surface area contributed by atoms with Crippen LogP contribution in [0.2, 0.25) is 0 Å². The Morgan fingerprint density at radius 1 is 1.16 bits per heavy atom. The first kappa shape index (κ1) is 22.8. The third kappa shape index (κ3) is 4.73. The number of pyridine rings is 1. The molecule has 31 heavy (non-hydrogen) atoms. The van der Waals surface area contributed by atoms with Crippen LogP contribution >= 0.6 is 12.4 Å². The van der Waals surface area contributed by atoms with Crippen LogP contribution in [-0.4, -0.2) is 31.3 Å². The molecule has 2 aromatic carbocycles. The number of fused-ring (bicyclic) bond motifs is 1. The number of morpholine rings is 1. The predicted octanol–water partition coefficient (Wildman–Crippen LogP) is 5.29. The van der Waals surface area contributed by atoms with Gasteiger partial charge in [0, 0.05) is 41.6 Å². The molecule has 0 radical (unpaired) electrons. The number of anilines is 2. The van der Waals surface area contributed by atoms with E-state index in [1.165, 1.54) is 12.1 Å². The van der Waals surface area contributed by atoms with Crippen LogP contribution in [0.1, 0.15) is 35.3 Å². The van der Waals surface area contributed by atoms with Crippen molar-refractivity contribution in [2.24, 2.45) is 0 Å². The number of benzene rings is 2. The summed E-state index contributed by atoms with van der Waals surface area (Å²) in [4.78, 5) is 6.99. The normalized spacial score (nSPS) is 14.6. The molecular formula is C24H26ClFN4O. The van der Waals surface area contributed by atoms with Gasteiger partial charge in [-0.2, -0.15) is 5.26 Å². The molecule has 0 saturated carbocycles. The Morgan fingerprint density at radius 3 is 2.61 bits per heavy atom. The zero-order chi connectivity index (χ0) is 21.3. The van der Waals surface area contributed by atoms with Gasteiger partial charge in [0.25, 0.3) is 0 Å². The Bertz CT molecular complexity index is 1140. The second-order valence-corrected chi connectivity index (χ2v) is 7.76. The molecule has 7 heteroatoms. The molecule has 0 unspecified atom stereocenters. The molecule has 5 nitrogen and oxygen atoms in total. The van der Waals surface area contributed by atoms with E-state index in [0.29, 0.717) is 5.56 Å². The third-order valence-electron chi connectivity index (χ3n) is 5.67. The van der Waals surface area contributed by atoms with Gasteiger partial charge in [0.15, 0.2) is 0 Å². The second kappa shape index (κ2) is 9.51. The molecule has 0 aliphatic carbocycles. The summed E-state index contributed by atoms with van der Waals surface area (Å²) in [7, 11) is 0. The highest BCUT2D eigenvalue weighted by Gasteiger charge is 2.17. The zero-order valence-corrected chi connectivity index (χ0v) is 18.7. The average Bonchev–Trinajstić information content (AvgIpc) is 2.75. The third-order valence-corrected chi connectivity index (χ3v) is 5.67. The van der Waals surface area contributed by atoms with Gasteiger partial charge in [-0.15, -0.1) is 12.4 Å². The van der Waals surface area contributed by atoms with Gasteiger partial charge in [-0.25, -0.2) is 4.39 Å². The van der Waals surface area contributed by atoms with Gasteiger partial charge in [0.1, 0.15) is 5.82 Å². The van der Waals surface area contributed by atoms with Crippen molar-refractivity contribution in [3.63, 3.8) is 0 Å². The molecular weight excluding hydrogens is 415 g/mol.